The molecule has 15 heavy (non-hydrogen) atoms. The maximum absolute atomic E-state index is 11.6. The van der Waals surface area contributed by atoms with Gasteiger partial charge in [0.15, 0.2) is 5.69 Å². The fraction of sp³-hybridized carbons (Fsp3) is 0.600. The van der Waals surface area contributed by atoms with Gasteiger partial charge in [0, 0.05) is 18.0 Å². The van der Waals surface area contributed by atoms with Crippen molar-refractivity contribution in [3.05, 3.63) is 17.5 Å². The number of rotatable bonds is 5. The number of nitrogens with one attached hydrogen (secondary N) is 1. The van der Waals surface area contributed by atoms with Crippen molar-refractivity contribution >= 4 is 17.5 Å². The first-order chi connectivity index (χ1) is 7.13. The summed E-state index contributed by atoms with van der Waals surface area (Å²) in [6.45, 7) is 3.69. The molecule has 5 heteroatoms. The monoisotopic (exact) mass is 230 g/mol. The average molecular weight is 231 g/mol. The second-order valence-corrected chi connectivity index (χ2v) is 3.91. The van der Waals surface area contributed by atoms with E-state index in [1.807, 2.05) is 6.92 Å². The van der Waals surface area contributed by atoms with Crippen molar-refractivity contribution in [1.82, 2.24) is 10.5 Å². The van der Waals surface area contributed by atoms with Crippen LogP contribution in [0.3, 0.4) is 0 Å². The van der Waals surface area contributed by atoms with Gasteiger partial charge in [-0.3, -0.25) is 4.79 Å². The molecule has 84 valence electrons. The van der Waals surface area contributed by atoms with Gasteiger partial charge in [0.1, 0.15) is 5.76 Å². The minimum Gasteiger partial charge on any atom is -0.361 e. The lowest BCUT2D eigenvalue weighted by Gasteiger charge is -2.11. The largest absolute Gasteiger partial charge is 0.361 e. The molecule has 1 N–H and O–H groups in total. The molecule has 0 saturated carbocycles. The highest BCUT2D eigenvalue weighted by atomic mass is 35.5. The van der Waals surface area contributed by atoms with Gasteiger partial charge in [0.2, 0.25) is 0 Å². The van der Waals surface area contributed by atoms with E-state index in [-0.39, 0.29) is 11.9 Å². The molecule has 1 amide bonds. The van der Waals surface area contributed by atoms with Gasteiger partial charge in [-0.15, -0.1) is 11.6 Å². The van der Waals surface area contributed by atoms with E-state index in [1.165, 1.54) is 0 Å². The molecule has 0 aromatic carbocycles. The van der Waals surface area contributed by atoms with Crippen molar-refractivity contribution in [3.8, 4) is 0 Å². The number of carbonyl (C=O) groups excluding carboxylic acids is 1. The SMILES string of the molecule is Cc1cc(C(=O)NC(C)CCCCl)no1. The number of halogens is 1. The molecule has 0 radical (unpaired) electrons. The van der Waals surface area contributed by atoms with Crippen molar-refractivity contribution in [2.24, 2.45) is 0 Å². The molecule has 1 unspecified atom stereocenters. The van der Waals surface area contributed by atoms with Crippen LogP contribution in [0.4, 0.5) is 0 Å². The van der Waals surface area contributed by atoms with Gasteiger partial charge in [0.05, 0.1) is 0 Å². The minimum absolute atomic E-state index is 0.105. The first-order valence-corrected chi connectivity index (χ1v) is 5.47. The maximum atomic E-state index is 11.6. The molecule has 0 aliphatic rings. The van der Waals surface area contributed by atoms with Gasteiger partial charge in [-0.1, -0.05) is 5.16 Å². The predicted molar refractivity (Wildman–Crippen MR) is 58.1 cm³/mol. The van der Waals surface area contributed by atoms with Crippen LogP contribution in [0.5, 0.6) is 0 Å². The second-order valence-electron chi connectivity index (χ2n) is 3.53. The smallest absolute Gasteiger partial charge is 0.273 e. The minimum atomic E-state index is -0.200. The molecular formula is C10H15ClN2O2. The van der Waals surface area contributed by atoms with Gasteiger partial charge < -0.3 is 9.84 Å². The van der Waals surface area contributed by atoms with Crippen molar-refractivity contribution < 1.29 is 9.32 Å². The Morgan fingerprint density at radius 1 is 1.73 bits per heavy atom. The molecule has 1 atom stereocenters. The molecule has 0 aliphatic heterocycles. The van der Waals surface area contributed by atoms with Crippen LogP contribution in [0.15, 0.2) is 10.6 Å². The molecule has 1 aromatic heterocycles. The van der Waals surface area contributed by atoms with E-state index in [1.54, 1.807) is 13.0 Å². The summed E-state index contributed by atoms with van der Waals surface area (Å²) in [6, 6.07) is 1.72. The highest BCUT2D eigenvalue weighted by Gasteiger charge is 2.13. The summed E-state index contributed by atoms with van der Waals surface area (Å²) in [5, 5.41) is 6.46. The summed E-state index contributed by atoms with van der Waals surface area (Å²) < 4.78 is 4.82. The summed E-state index contributed by atoms with van der Waals surface area (Å²) in [4.78, 5) is 11.6. The quantitative estimate of drug-likeness (QED) is 0.789. The highest BCUT2D eigenvalue weighted by molar-refractivity contribution is 6.17. The van der Waals surface area contributed by atoms with E-state index >= 15 is 0 Å². The first kappa shape index (κ1) is 12.0. The van der Waals surface area contributed by atoms with Crippen LogP contribution in [0.2, 0.25) is 0 Å². The number of aromatic nitrogens is 1. The van der Waals surface area contributed by atoms with E-state index in [0.29, 0.717) is 17.3 Å². The Hall–Kier alpha value is -1.03. The summed E-state index contributed by atoms with van der Waals surface area (Å²) >= 11 is 5.56. The van der Waals surface area contributed by atoms with Gasteiger partial charge in [-0.05, 0) is 26.7 Å². The molecular weight excluding hydrogens is 216 g/mol. The predicted octanol–water partition coefficient (Wildman–Crippen LogP) is 2.12. The van der Waals surface area contributed by atoms with Crippen LogP contribution < -0.4 is 5.32 Å². The fourth-order valence-corrected chi connectivity index (χ4v) is 1.38. The Morgan fingerprint density at radius 3 is 3.00 bits per heavy atom. The van der Waals surface area contributed by atoms with Crippen molar-refractivity contribution in [2.45, 2.75) is 32.7 Å². The van der Waals surface area contributed by atoms with Gasteiger partial charge in [0.25, 0.3) is 5.91 Å². The fourth-order valence-electron chi connectivity index (χ4n) is 1.23. The van der Waals surface area contributed by atoms with E-state index < -0.39 is 0 Å². The number of hydrogen-bond donors (Lipinski definition) is 1. The maximum Gasteiger partial charge on any atom is 0.273 e. The van der Waals surface area contributed by atoms with Crippen molar-refractivity contribution in [2.75, 3.05) is 5.88 Å². The average Bonchev–Trinajstić information content (AvgIpc) is 2.61. The van der Waals surface area contributed by atoms with E-state index in [0.717, 1.165) is 12.8 Å². The standard InChI is InChI=1S/C10H15ClN2O2/c1-7(4-3-5-11)12-10(14)9-6-8(2)15-13-9/h6-7H,3-5H2,1-2H3,(H,12,14). The summed E-state index contributed by atoms with van der Waals surface area (Å²) in [7, 11) is 0. The summed E-state index contributed by atoms with van der Waals surface area (Å²) in [6.07, 6.45) is 1.76. The van der Waals surface area contributed by atoms with E-state index in [9.17, 15) is 4.79 Å². The molecule has 1 aromatic rings. The van der Waals surface area contributed by atoms with Gasteiger partial charge in [-0.25, -0.2) is 0 Å². The lowest BCUT2D eigenvalue weighted by molar-refractivity contribution is 0.0929. The Morgan fingerprint density at radius 2 is 2.47 bits per heavy atom. The number of nitrogens with zero attached hydrogens (tertiary/aromatic N) is 1. The lowest BCUT2D eigenvalue weighted by atomic mass is 10.2. The zero-order valence-electron chi connectivity index (χ0n) is 8.92. The number of carbonyl (C=O) groups is 1. The van der Waals surface area contributed by atoms with Crippen LogP contribution >= 0.6 is 11.6 Å². The third-order valence-corrected chi connectivity index (χ3v) is 2.28. The van der Waals surface area contributed by atoms with Gasteiger partial charge in [-0.2, -0.15) is 0 Å². The molecule has 0 fully saturated rings. The topological polar surface area (TPSA) is 55.1 Å². The van der Waals surface area contributed by atoms with Crippen LogP contribution in [0.1, 0.15) is 36.0 Å². The van der Waals surface area contributed by atoms with Gasteiger partial charge >= 0.3 is 0 Å². The van der Waals surface area contributed by atoms with Crippen molar-refractivity contribution in [1.29, 1.82) is 0 Å². The number of alkyl halides is 1. The Kier molecular flexibility index (Phi) is 4.62. The summed E-state index contributed by atoms with van der Waals surface area (Å²) in [5.41, 5.74) is 0.324. The first-order valence-electron chi connectivity index (χ1n) is 4.93. The molecule has 1 rings (SSSR count). The normalized spacial score (nSPS) is 12.5. The zero-order chi connectivity index (χ0) is 11.3. The van der Waals surface area contributed by atoms with E-state index in [4.69, 9.17) is 16.1 Å². The van der Waals surface area contributed by atoms with Crippen LogP contribution in [0.25, 0.3) is 0 Å². The molecule has 0 saturated heterocycles. The second kappa shape index (κ2) is 5.75. The third-order valence-electron chi connectivity index (χ3n) is 2.01. The Bertz CT molecular complexity index is 325. The molecule has 0 aliphatic carbocycles. The lowest BCUT2D eigenvalue weighted by Crippen LogP contribution is -2.32. The molecule has 1 heterocycles. The number of aryl methyl sites for hydroxylation is 1. The van der Waals surface area contributed by atoms with Crippen LogP contribution in [-0.4, -0.2) is 23.0 Å². The van der Waals surface area contributed by atoms with Crippen LogP contribution in [-0.2, 0) is 0 Å². The molecule has 0 bridgehead atoms. The molecule has 4 nitrogen and oxygen atoms in total. The summed E-state index contributed by atoms with van der Waals surface area (Å²) in [5.74, 6) is 1.05. The Balaban J connectivity index is 2.42. The van der Waals surface area contributed by atoms with Crippen molar-refractivity contribution in [3.63, 3.8) is 0 Å². The molecule has 0 spiro atoms. The highest BCUT2D eigenvalue weighted by Crippen LogP contribution is 2.03. The Labute approximate surface area is 94.0 Å². The number of hydrogen-bond acceptors (Lipinski definition) is 3. The number of amides is 1. The zero-order valence-corrected chi connectivity index (χ0v) is 9.67. The van der Waals surface area contributed by atoms with Crippen LogP contribution in [0, 0.1) is 6.92 Å². The van der Waals surface area contributed by atoms with E-state index in [2.05, 4.69) is 10.5 Å². The third kappa shape index (κ3) is 3.91.